The summed E-state index contributed by atoms with van der Waals surface area (Å²) in [6.07, 6.45) is 7.70. The Morgan fingerprint density at radius 3 is 0.978 bits per heavy atom. The van der Waals surface area contributed by atoms with Crippen LogP contribution in [-0.2, 0) is 24.7 Å². The Hall–Kier alpha value is -17.5. The number of aromatic nitrogens is 16. The Bertz CT molecular complexity index is 6780. The minimum Gasteiger partial charge on any atom is -0.354 e. The van der Waals surface area contributed by atoms with Gasteiger partial charge in [0.25, 0.3) is 0 Å². The monoisotopic (exact) mass is 1830 g/mol. The first-order valence-electron chi connectivity index (χ1n) is 39.5. The second-order valence-electron chi connectivity index (χ2n) is 28.3. The van der Waals surface area contributed by atoms with Crippen LogP contribution in [0, 0.1) is 39.3 Å². The van der Waals surface area contributed by atoms with Crippen LogP contribution in [0.3, 0.4) is 0 Å². The summed E-state index contributed by atoms with van der Waals surface area (Å²) in [6, 6.07) is 49.1. The normalized spacial score (nSPS) is 11.5. The molecule has 8 N–H and O–H groups in total. The maximum absolute atomic E-state index is 14.2. The Balaban J connectivity index is 0.000000152. The molecule has 0 aliphatic heterocycles. The van der Waals surface area contributed by atoms with Gasteiger partial charge >= 0.3 is 24.7 Å². The lowest BCUT2D eigenvalue weighted by Gasteiger charge is -2.10. The molecule has 12 heterocycles. The van der Waals surface area contributed by atoms with Crippen LogP contribution in [0.15, 0.2) is 301 Å². The number of nitrogens with one attached hydrogen (secondary N) is 8. The van der Waals surface area contributed by atoms with Crippen molar-refractivity contribution in [3.63, 3.8) is 0 Å². The lowest BCUT2D eigenvalue weighted by atomic mass is 10.1. The molecule has 0 atom stereocenters. The van der Waals surface area contributed by atoms with Gasteiger partial charge in [-0.1, -0.05) is 24.3 Å². The summed E-state index contributed by atoms with van der Waals surface area (Å²) < 4.78 is 183. The zero-order valence-electron chi connectivity index (χ0n) is 70.1. The minimum atomic E-state index is -4.42. The standard InChI is InChI=1S/C24H20F3N7.C23H17F4N7.C23H18F3N7.C22H15F4N7/c1-15-8-17(12-28-11-15)22-9-16(2)31-23(33-22)34-30-14-20-6-7-21(13-29-20)32-19-5-3-4-18(10-19)24(25,26)27;1-14-19(6-3-9-28-14)21-20(24)13-30-22(33-21)34-31-12-17-7-8-18(11-29-17)32-16-5-2-4-15(10-16)23(25,26)27;1-15-10-21(16-4-3-9-27-12-16)32-22(30-15)33-29-14-19-7-8-20(13-28-19)31-18-6-2-5-17(11-18)23(24,25)26;23-19-13-29-21(32-20(19)14-3-2-8-27-10-14)33-30-12-17-6-7-18(11-28-17)31-16-5-1-4-15(9-16)22(24,25)26/h3-14,32H,1-2H3,(H,31,33,34);2-13,32H,1H3,(H,30,33,34);2-14,31H,1H3,(H,30,32,33);1-13,31H,(H,29,32,33)/b30-14+;31-12+;29-14+;30-12+. The molecule has 16 aromatic rings. The number of halogens is 14. The summed E-state index contributed by atoms with van der Waals surface area (Å²) in [5.41, 5.74) is 20.8. The summed E-state index contributed by atoms with van der Waals surface area (Å²) in [7, 11) is 0. The molecule has 0 saturated carbocycles. The van der Waals surface area contributed by atoms with E-state index in [1.807, 2.05) is 51.1 Å². The average Bonchev–Trinajstić information content (AvgIpc) is 0.823. The number of anilines is 12. The molecule has 0 amide bonds. The zero-order chi connectivity index (χ0) is 94.8. The van der Waals surface area contributed by atoms with Gasteiger partial charge in [-0.05, 0) is 209 Å². The van der Waals surface area contributed by atoms with Crippen molar-refractivity contribution >= 4 is 94.2 Å². The van der Waals surface area contributed by atoms with E-state index < -0.39 is 58.6 Å². The summed E-state index contributed by atoms with van der Waals surface area (Å²) in [6.45, 7) is 7.43. The lowest BCUT2D eigenvalue weighted by molar-refractivity contribution is -0.138. The predicted molar refractivity (Wildman–Crippen MR) is 481 cm³/mol. The average molecular weight is 1830 g/mol. The molecule has 0 bridgehead atoms. The van der Waals surface area contributed by atoms with Crippen molar-refractivity contribution in [2.24, 2.45) is 20.4 Å². The number of pyridine rings is 8. The van der Waals surface area contributed by atoms with Crippen LogP contribution in [0.2, 0.25) is 0 Å². The molecule has 0 aliphatic carbocycles. The minimum absolute atomic E-state index is 0.0781. The molecule has 0 fully saturated rings. The fraction of sp³-hybridized carbons (Fsp3) is 0.0870. The van der Waals surface area contributed by atoms with E-state index in [1.54, 1.807) is 129 Å². The highest BCUT2D eigenvalue weighted by Crippen LogP contribution is 2.37. The SMILES string of the molecule is Cc1cc(-c2cccnc2)nc(N/N=C/c2ccc(Nc3cccc(C(F)(F)F)c3)cn2)n1.Cc1cncc(-c2cc(C)nc(N/N=C/c3ccc(Nc4cccc(C(F)(F)F)c4)cn3)n2)c1.Cc1ncccc1-c1nc(N/N=C/c2ccc(Nc3cccc(C(F)(F)F)c3)cn2)ncc1F.Fc1cnc(N/N=C/c2ccc(Nc3cccc(C(F)(F)F)c3)cn2)nc1-c1cccnc1. The molecule has 42 heteroatoms. The molecule has 16 rings (SSSR count). The molecule has 0 radical (unpaired) electrons. The van der Waals surface area contributed by atoms with E-state index in [0.717, 1.165) is 100 Å². The van der Waals surface area contributed by atoms with E-state index in [9.17, 15) is 61.5 Å². The second-order valence-corrected chi connectivity index (χ2v) is 28.3. The van der Waals surface area contributed by atoms with E-state index >= 15 is 0 Å². The van der Waals surface area contributed by atoms with Gasteiger partial charge in [-0.15, -0.1) is 0 Å². The number of nitrogens with zero attached hydrogens (tertiary/aromatic N) is 20. The first-order chi connectivity index (χ1) is 64.3. The Morgan fingerprint density at radius 1 is 0.276 bits per heavy atom. The van der Waals surface area contributed by atoms with Gasteiger partial charge in [-0.2, -0.15) is 73.1 Å². The first kappa shape index (κ1) is 94.1. The lowest BCUT2D eigenvalue weighted by Crippen LogP contribution is -2.05. The van der Waals surface area contributed by atoms with Crippen molar-refractivity contribution in [1.82, 2.24) is 79.7 Å². The first-order valence-corrected chi connectivity index (χ1v) is 39.5. The van der Waals surface area contributed by atoms with E-state index in [2.05, 4.69) is 143 Å². The van der Waals surface area contributed by atoms with Crippen LogP contribution in [-0.4, -0.2) is 105 Å². The van der Waals surface area contributed by atoms with Gasteiger partial charge in [0, 0.05) is 105 Å². The van der Waals surface area contributed by atoms with Crippen LogP contribution in [0.25, 0.3) is 45.0 Å². The maximum Gasteiger partial charge on any atom is 0.416 e. The molecule has 0 saturated heterocycles. The molecule has 134 heavy (non-hydrogen) atoms. The van der Waals surface area contributed by atoms with Crippen molar-refractivity contribution in [3.8, 4) is 45.0 Å². The van der Waals surface area contributed by atoms with Gasteiger partial charge in [0.05, 0.1) is 141 Å². The van der Waals surface area contributed by atoms with Gasteiger partial charge in [-0.25, -0.2) is 70.4 Å². The summed E-state index contributed by atoms with van der Waals surface area (Å²) in [4.78, 5) is 66.7. The summed E-state index contributed by atoms with van der Waals surface area (Å²) >= 11 is 0. The number of hydrogen-bond donors (Lipinski definition) is 8. The highest BCUT2D eigenvalue weighted by atomic mass is 19.4. The van der Waals surface area contributed by atoms with E-state index in [1.165, 1.54) is 92.2 Å². The molecule has 0 aliphatic rings. The highest BCUT2D eigenvalue weighted by molar-refractivity contribution is 5.81. The van der Waals surface area contributed by atoms with E-state index in [-0.39, 0.29) is 34.7 Å². The second kappa shape index (κ2) is 43.5. The molecular formula is C92H70F14N28. The molecule has 28 nitrogen and oxygen atoms in total. The van der Waals surface area contributed by atoms with Crippen LogP contribution in [0.4, 0.5) is 131 Å². The molecule has 4 aromatic carbocycles. The van der Waals surface area contributed by atoms with Crippen LogP contribution >= 0.6 is 0 Å². The molecule has 0 spiro atoms. The number of hydrogen-bond acceptors (Lipinski definition) is 28. The van der Waals surface area contributed by atoms with Crippen molar-refractivity contribution in [2.45, 2.75) is 52.4 Å². The van der Waals surface area contributed by atoms with Crippen LogP contribution < -0.4 is 43.0 Å². The van der Waals surface area contributed by atoms with Crippen molar-refractivity contribution in [1.29, 1.82) is 0 Å². The van der Waals surface area contributed by atoms with Gasteiger partial charge < -0.3 is 21.3 Å². The van der Waals surface area contributed by atoms with Crippen LogP contribution in [0.1, 0.15) is 67.7 Å². The smallest absolute Gasteiger partial charge is 0.354 e. The molecular weight excluding hydrogens is 1760 g/mol. The molecule has 676 valence electrons. The third-order valence-corrected chi connectivity index (χ3v) is 18.0. The fourth-order valence-corrected chi connectivity index (χ4v) is 11.8. The molecule has 12 aromatic heterocycles. The highest BCUT2D eigenvalue weighted by Gasteiger charge is 2.33. The van der Waals surface area contributed by atoms with Crippen LogP contribution in [0.5, 0.6) is 0 Å². The van der Waals surface area contributed by atoms with Gasteiger partial charge in [0.2, 0.25) is 23.8 Å². The van der Waals surface area contributed by atoms with E-state index in [4.69, 9.17) is 0 Å². The molecule has 0 unspecified atom stereocenters. The van der Waals surface area contributed by atoms with Crippen molar-refractivity contribution in [2.75, 3.05) is 43.0 Å². The topological polar surface area (TPSA) is 352 Å². The number of benzene rings is 4. The Labute approximate surface area is 752 Å². The van der Waals surface area contributed by atoms with Crippen molar-refractivity contribution < 1.29 is 61.5 Å². The number of rotatable bonds is 24. The number of aryl methyl sites for hydroxylation is 4. The fourth-order valence-electron chi connectivity index (χ4n) is 11.8. The zero-order valence-corrected chi connectivity index (χ0v) is 70.1. The van der Waals surface area contributed by atoms with Gasteiger partial charge in [-0.3, -0.25) is 39.9 Å². The van der Waals surface area contributed by atoms with Gasteiger partial charge in [0.15, 0.2) is 11.6 Å². The number of alkyl halides is 12. The quantitative estimate of drug-likeness (QED) is 0.0158. The predicted octanol–water partition coefficient (Wildman–Crippen LogP) is 22.1. The maximum atomic E-state index is 14.2. The number of hydrazone groups is 4. The third kappa shape index (κ3) is 28.0. The largest absolute Gasteiger partial charge is 0.416 e. The Kier molecular flexibility index (Phi) is 30.6. The summed E-state index contributed by atoms with van der Waals surface area (Å²) in [5.74, 6) is -0.365. The Morgan fingerprint density at radius 2 is 0.627 bits per heavy atom. The van der Waals surface area contributed by atoms with Gasteiger partial charge in [0.1, 0.15) is 11.4 Å². The summed E-state index contributed by atoms with van der Waals surface area (Å²) in [5, 5.41) is 27.8. The van der Waals surface area contributed by atoms with Crippen molar-refractivity contribution in [3.05, 3.63) is 360 Å². The third-order valence-electron chi connectivity index (χ3n) is 18.0. The van der Waals surface area contributed by atoms with E-state index in [0.29, 0.717) is 85.6 Å².